The molecule has 2 aromatic rings. The zero-order valence-electron chi connectivity index (χ0n) is 9.31. The van der Waals surface area contributed by atoms with Crippen LogP contribution >= 0.6 is 0 Å². The monoisotopic (exact) mass is 219 g/mol. The van der Waals surface area contributed by atoms with Gasteiger partial charge in [-0.2, -0.15) is 5.10 Å². The van der Waals surface area contributed by atoms with Gasteiger partial charge in [0.05, 0.1) is 12.2 Å². The van der Waals surface area contributed by atoms with Gasteiger partial charge in [-0.15, -0.1) is 0 Å². The molecule has 1 aromatic heterocycles. The molecule has 0 bridgehead atoms. The van der Waals surface area contributed by atoms with E-state index >= 15 is 0 Å². The first-order valence-electron chi connectivity index (χ1n) is 5.08. The lowest BCUT2D eigenvalue weighted by atomic mass is 10.0. The van der Waals surface area contributed by atoms with Gasteiger partial charge in [-0.1, -0.05) is 12.1 Å². The molecule has 0 radical (unpaired) electrons. The SMILES string of the molecule is Cc1cc(C(N)c2cnn(C)c2)ccc1F. The molecule has 3 nitrogen and oxygen atoms in total. The molecule has 84 valence electrons. The summed E-state index contributed by atoms with van der Waals surface area (Å²) in [6.45, 7) is 1.73. The second kappa shape index (κ2) is 4.06. The van der Waals surface area contributed by atoms with Crippen molar-refractivity contribution < 1.29 is 4.39 Å². The van der Waals surface area contributed by atoms with Crippen molar-refractivity contribution in [3.63, 3.8) is 0 Å². The Balaban J connectivity index is 2.33. The van der Waals surface area contributed by atoms with Crippen LogP contribution in [0.3, 0.4) is 0 Å². The number of benzene rings is 1. The van der Waals surface area contributed by atoms with E-state index in [0.29, 0.717) is 5.56 Å². The Kier molecular flexibility index (Phi) is 2.75. The number of aromatic nitrogens is 2. The average Bonchev–Trinajstić information content (AvgIpc) is 2.68. The van der Waals surface area contributed by atoms with Crippen molar-refractivity contribution in [1.82, 2.24) is 9.78 Å². The van der Waals surface area contributed by atoms with Crippen LogP contribution in [-0.2, 0) is 7.05 Å². The fraction of sp³-hybridized carbons (Fsp3) is 0.250. The molecule has 0 saturated heterocycles. The maximum atomic E-state index is 13.1. The van der Waals surface area contributed by atoms with Gasteiger partial charge in [0.1, 0.15) is 5.82 Å². The highest BCUT2D eigenvalue weighted by Gasteiger charge is 2.11. The summed E-state index contributed by atoms with van der Waals surface area (Å²) < 4.78 is 14.8. The minimum absolute atomic E-state index is 0.206. The smallest absolute Gasteiger partial charge is 0.126 e. The van der Waals surface area contributed by atoms with Gasteiger partial charge in [0.15, 0.2) is 0 Å². The topological polar surface area (TPSA) is 43.8 Å². The maximum Gasteiger partial charge on any atom is 0.126 e. The molecule has 1 heterocycles. The second-order valence-electron chi connectivity index (χ2n) is 3.93. The van der Waals surface area contributed by atoms with Crippen molar-refractivity contribution >= 4 is 0 Å². The standard InChI is InChI=1S/C12H14FN3/c1-8-5-9(3-4-11(8)13)12(14)10-6-15-16(2)7-10/h3-7,12H,14H2,1-2H3. The number of nitrogens with zero attached hydrogens (tertiary/aromatic N) is 2. The van der Waals surface area contributed by atoms with Gasteiger partial charge in [-0.25, -0.2) is 4.39 Å². The van der Waals surface area contributed by atoms with Crippen molar-refractivity contribution in [3.8, 4) is 0 Å². The largest absolute Gasteiger partial charge is 0.320 e. The van der Waals surface area contributed by atoms with Crippen molar-refractivity contribution in [2.24, 2.45) is 12.8 Å². The Morgan fingerprint density at radius 1 is 1.38 bits per heavy atom. The van der Waals surface area contributed by atoms with E-state index in [1.54, 1.807) is 29.9 Å². The Bertz CT molecular complexity index is 505. The Morgan fingerprint density at radius 3 is 2.69 bits per heavy atom. The summed E-state index contributed by atoms with van der Waals surface area (Å²) in [7, 11) is 1.84. The summed E-state index contributed by atoms with van der Waals surface area (Å²) in [5, 5.41) is 4.07. The van der Waals surface area contributed by atoms with Gasteiger partial charge in [-0.3, -0.25) is 4.68 Å². The van der Waals surface area contributed by atoms with Crippen LogP contribution in [0.25, 0.3) is 0 Å². The first-order valence-corrected chi connectivity index (χ1v) is 5.08. The van der Waals surface area contributed by atoms with Crippen molar-refractivity contribution in [2.45, 2.75) is 13.0 Å². The van der Waals surface area contributed by atoms with Crippen LogP contribution in [-0.4, -0.2) is 9.78 Å². The molecule has 0 saturated carbocycles. The third kappa shape index (κ3) is 1.97. The molecule has 0 fully saturated rings. The summed E-state index contributed by atoms with van der Waals surface area (Å²) in [6, 6.07) is 4.67. The van der Waals surface area contributed by atoms with Gasteiger partial charge >= 0.3 is 0 Å². The zero-order chi connectivity index (χ0) is 11.7. The van der Waals surface area contributed by atoms with E-state index < -0.39 is 0 Å². The minimum atomic E-state index is -0.256. The fourth-order valence-corrected chi connectivity index (χ4v) is 1.65. The molecule has 1 aromatic carbocycles. The molecule has 0 spiro atoms. The van der Waals surface area contributed by atoms with E-state index in [-0.39, 0.29) is 11.9 Å². The highest BCUT2D eigenvalue weighted by atomic mass is 19.1. The predicted molar refractivity (Wildman–Crippen MR) is 60.4 cm³/mol. The van der Waals surface area contributed by atoms with Crippen molar-refractivity contribution in [1.29, 1.82) is 0 Å². The molecule has 0 aliphatic carbocycles. The number of hydrogen-bond donors (Lipinski definition) is 1. The van der Waals surface area contributed by atoms with Crippen molar-refractivity contribution in [2.75, 3.05) is 0 Å². The predicted octanol–water partition coefficient (Wildman–Crippen LogP) is 1.92. The lowest BCUT2D eigenvalue weighted by Crippen LogP contribution is -2.11. The van der Waals surface area contributed by atoms with E-state index in [1.165, 1.54) is 6.07 Å². The molecule has 16 heavy (non-hydrogen) atoms. The van der Waals surface area contributed by atoms with Gasteiger partial charge in [0.25, 0.3) is 0 Å². The van der Waals surface area contributed by atoms with Crippen LogP contribution in [0, 0.1) is 12.7 Å². The molecule has 0 aliphatic heterocycles. The fourth-order valence-electron chi connectivity index (χ4n) is 1.65. The van der Waals surface area contributed by atoms with Gasteiger partial charge in [0.2, 0.25) is 0 Å². The summed E-state index contributed by atoms with van der Waals surface area (Å²) in [4.78, 5) is 0. The van der Waals surface area contributed by atoms with Crippen LogP contribution in [0.2, 0.25) is 0 Å². The third-order valence-corrected chi connectivity index (χ3v) is 2.63. The summed E-state index contributed by atoms with van der Waals surface area (Å²) in [5.41, 5.74) is 8.50. The van der Waals surface area contributed by atoms with Crippen molar-refractivity contribution in [3.05, 3.63) is 53.1 Å². The van der Waals surface area contributed by atoms with Crippen LogP contribution in [0.4, 0.5) is 4.39 Å². The van der Waals surface area contributed by atoms with Crippen LogP contribution in [0.15, 0.2) is 30.6 Å². The quantitative estimate of drug-likeness (QED) is 0.838. The second-order valence-corrected chi connectivity index (χ2v) is 3.93. The Hall–Kier alpha value is -1.68. The molecule has 2 rings (SSSR count). The minimum Gasteiger partial charge on any atom is -0.320 e. The molecule has 0 aliphatic rings. The molecule has 4 heteroatoms. The summed E-state index contributed by atoms with van der Waals surface area (Å²) >= 11 is 0. The van der Waals surface area contributed by atoms with E-state index in [0.717, 1.165) is 11.1 Å². The van der Waals surface area contributed by atoms with Crippen LogP contribution < -0.4 is 5.73 Å². The molecule has 0 amide bonds. The first kappa shape index (κ1) is 10.8. The number of rotatable bonds is 2. The average molecular weight is 219 g/mol. The number of nitrogens with two attached hydrogens (primary N) is 1. The zero-order valence-corrected chi connectivity index (χ0v) is 9.31. The van der Waals surface area contributed by atoms with E-state index in [2.05, 4.69) is 5.10 Å². The number of halogens is 1. The maximum absolute atomic E-state index is 13.1. The van der Waals surface area contributed by atoms with E-state index in [1.807, 2.05) is 13.2 Å². The van der Waals surface area contributed by atoms with Crippen LogP contribution in [0.1, 0.15) is 22.7 Å². The Morgan fingerprint density at radius 2 is 2.12 bits per heavy atom. The van der Waals surface area contributed by atoms with Gasteiger partial charge < -0.3 is 5.73 Å². The third-order valence-electron chi connectivity index (χ3n) is 2.63. The Labute approximate surface area is 93.7 Å². The number of hydrogen-bond acceptors (Lipinski definition) is 2. The molecular weight excluding hydrogens is 205 g/mol. The molecular formula is C12H14FN3. The summed E-state index contributed by atoms with van der Waals surface area (Å²) in [5.74, 6) is -0.206. The van der Waals surface area contributed by atoms with Crippen LogP contribution in [0.5, 0.6) is 0 Å². The lowest BCUT2D eigenvalue weighted by Gasteiger charge is -2.10. The first-order chi connectivity index (χ1) is 7.58. The van der Waals surface area contributed by atoms with E-state index in [4.69, 9.17) is 5.73 Å². The molecule has 2 N–H and O–H groups in total. The van der Waals surface area contributed by atoms with Gasteiger partial charge in [-0.05, 0) is 24.1 Å². The highest BCUT2D eigenvalue weighted by molar-refractivity contribution is 5.32. The van der Waals surface area contributed by atoms with E-state index in [9.17, 15) is 4.39 Å². The highest BCUT2D eigenvalue weighted by Crippen LogP contribution is 2.20. The lowest BCUT2D eigenvalue weighted by molar-refractivity contribution is 0.617. The van der Waals surface area contributed by atoms with Gasteiger partial charge in [0, 0.05) is 18.8 Å². The number of aryl methyl sites for hydroxylation is 2. The molecule has 1 atom stereocenters. The normalized spacial score (nSPS) is 12.8. The summed E-state index contributed by atoms with van der Waals surface area (Å²) in [6.07, 6.45) is 3.59. The molecule has 1 unspecified atom stereocenters.